The maximum atomic E-state index is 12.5. The van der Waals surface area contributed by atoms with E-state index in [1.54, 1.807) is 7.05 Å². The summed E-state index contributed by atoms with van der Waals surface area (Å²) in [6, 6.07) is 12.1. The van der Waals surface area contributed by atoms with Crippen molar-refractivity contribution in [1.29, 1.82) is 0 Å². The Morgan fingerprint density at radius 1 is 1.14 bits per heavy atom. The summed E-state index contributed by atoms with van der Waals surface area (Å²) in [6.45, 7) is 2.28. The summed E-state index contributed by atoms with van der Waals surface area (Å²) in [5.74, 6) is 0. The summed E-state index contributed by atoms with van der Waals surface area (Å²) in [5.41, 5.74) is 7.98. The maximum absolute atomic E-state index is 12.5. The molecule has 0 unspecified atom stereocenters. The minimum atomic E-state index is -3.59. The number of hydrogen-bond donors (Lipinski definition) is 1. The summed E-state index contributed by atoms with van der Waals surface area (Å²) in [5, 5.41) is 0.343. The summed E-state index contributed by atoms with van der Waals surface area (Å²) in [4.78, 5) is 0.138. The van der Waals surface area contributed by atoms with E-state index in [1.807, 2.05) is 31.2 Å². The topological polar surface area (TPSA) is 63.4 Å². The van der Waals surface area contributed by atoms with E-state index in [1.165, 1.54) is 22.5 Å². The molecule has 112 valence electrons. The molecule has 0 fully saturated rings. The molecule has 6 heteroatoms. The molecule has 0 radical (unpaired) electrons. The van der Waals surface area contributed by atoms with Crippen molar-refractivity contribution in [2.45, 2.75) is 18.4 Å². The lowest BCUT2D eigenvalue weighted by molar-refractivity contribution is 0.467. The van der Waals surface area contributed by atoms with Crippen molar-refractivity contribution >= 4 is 27.3 Å². The van der Waals surface area contributed by atoms with Crippen molar-refractivity contribution in [3.63, 3.8) is 0 Å². The largest absolute Gasteiger partial charge is 0.397 e. The normalized spacial score (nSPS) is 11.8. The molecular weight excluding hydrogens is 308 g/mol. The van der Waals surface area contributed by atoms with E-state index in [9.17, 15) is 8.42 Å². The number of sulfonamides is 1. The third-order valence-electron chi connectivity index (χ3n) is 3.20. The number of benzene rings is 2. The first-order valence-electron chi connectivity index (χ1n) is 6.37. The van der Waals surface area contributed by atoms with Crippen molar-refractivity contribution in [2.24, 2.45) is 0 Å². The van der Waals surface area contributed by atoms with Gasteiger partial charge in [0.15, 0.2) is 0 Å². The number of nitrogens with zero attached hydrogens (tertiary/aromatic N) is 1. The Balaban J connectivity index is 2.25. The van der Waals surface area contributed by atoms with Gasteiger partial charge in [0.25, 0.3) is 0 Å². The maximum Gasteiger partial charge on any atom is 0.243 e. The van der Waals surface area contributed by atoms with Crippen LogP contribution < -0.4 is 5.73 Å². The third-order valence-corrected chi connectivity index (χ3v) is 5.35. The van der Waals surface area contributed by atoms with E-state index in [2.05, 4.69) is 0 Å². The second-order valence-corrected chi connectivity index (χ2v) is 7.38. The van der Waals surface area contributed by atoms with Crippen LogP contribution in [0.15, 0.2) is 47.4 Å². The molecule has 0 bridgehead atoms. The molecule has 0 aliphatic carbocycles. The van der Waals surface area contributed by atoms with Crippen molar-refractivity contribution < 1.29 is 8.42 Å². The van der Waals surface area contributed by atoms with Gasteiger partial charge in [-0.15, -0.1) is 0 Å². The van der Waals surface area contributed by atoms with Gasteiger partial charge < -0.3 is 5.73 Å². The van der Waals surface area contributed by atoms with Crippen molar-refractivity contribution in [2.75, 3.05) is 12.8 Å². The Labute approximate surface area is 130 Å². The summed E-state index contributed by atoms with van der Waals surface area (Å²) in [6.07, 6.45) is 0. The van der Waals surface area contributed by atoms with Crippen LogP contribution in [0.25, 0.3) is 0 Å². The van der Waals surface area contributed by atoms with E-state index in [0.29, 0.717) is 11.6 Å². The standard InChI is InChI=1S/C15H17ClN2O2S/c1-11-3-5-12(6-4-11)10-18(2)21(19,20)13-7-8-14(16)15(17)9-13/h3-9H,10,17H2,1-2H3. The Hall–Kier alpha value is -1.56. The van der Waals surface area contributed by atoms with E-state index < -0.39 is 10.0 Å². The predicted octanol–water partition coefficient (Wildman–Crippen LogP) is 3.05. The molecule has 2 N–H and O–H groups in total. The Bertz CT molecular complexity index is 743. The highest BCUT2D eigenvalue weighted by Crippen LogP contribution is 2.24. The fourth-order valence-electron chi connectivity index (χ4n) is 1.90. The SMILES string of the molecule is Cc1ccc(CN(C)S(=O)(=O)c2ccc(Cl)c(N)c2)cc1. The molecule has 0 amide bonds. The van der Waals surface area contributed by atoms with Gasteiger partial charge in [-0.25, -0.2) is 8.42 Å². The number of halogens is 1. The van der Waals surface area contributed by atoms with Gasteiger partial charge in [0, 0.05) is 13.6 Å². The first-order valence-corrected chi connectivity index (χ1v) is 8.19. The van der Waals surface area contributed by atoms with Crippen LogP contribution >= 0.6 is 11.6 Å². The molecule has 2 aromatic carbocycles. The highest BCUT2D eigenvalue weighted by atomic mass is 35.5. The molecule has 2 aromatic rings. The number of nitrogen functional groups attached to an aromatic ring is 1. The minimum absolute atomic E-state index is 0.138. The first-order chi connectivity index (χ1) is 9.80. The molecule has 0 saturated carbocycles. The van der Waals surface area contributed by atoms with E-state index in [4.69, 9.17) is 17.3 Å². The van der Waals surface area contributed by atoms with Crippen LogP contribution in [0.1, 0.15) is 11.1 Å². The van der Waals surface area contributed by atoms with Gasteiger partial charge in [0.05, 0.1) is 15.6 Å². The number of rotatable bonds is 4. The molecule has 4 nitrogen and oxygen atoms in total. The van der Waals surface area contributed by atoms with Gasteiger partial charge in [-0.2, -0.15) is 4.31 Å². The van der Waals surface area contributed by atoms with E-state index in [-0.39, 0.29) is 10.6 Å². The molecule has 21 heavy (non-hydrogen) atoms. The van der Waals surface area contributed by atoms with Crippen molar-refractivity contribution in [1.82, 2.24) is 4.31 Å². The minimum Gasteiger partial charge on any atom is -0.397 e. The van der Waals surface area contributed by atoms with Gasteiger partial charge in [-0.1, -0.05) is 41.4 Å². The summed E-state index contributed by atoms with van der Waals surface area (Å²) in [7, 11) is -2.05. The smallest absolute Gasteiger partial charge is 0.243 e. The fourth-order valence-corrected chi connectivity index (χ4v) is 3.21. The van der Waals surface area contributed by atoms with Crippen LogP contribution in [0, 0.1) is 6.92 Å². The van der Waals surface area contributed by atoms with Crippen molar-refractivity contribution in [3.05, 3.63) is 58.6 Å². The average molecular weight is 325 g/mol. The molecule has 0 aromatic heterocycles. The molecule has 0 aliphatic rings. The second kappa shape index (κ2) is 6.05. The molecule has 0 atom stereocenters. The third kappa shape index (κ3) is 3.56. The lowest BCUT2D eigenvalue weighted by atomic mass is 10.1. The molecule has 0 saturated heterocycles. The van der Waals surface area contributed by atoms with Gasteiger partial charge in [0.2, 0.25) is 10.0 Å². The Morgan fingerprint density at radius 3 is 2.33 bits per heavy atom. The highest BCUT2D eigenvalue weighted by Gasteiger charge is 2.21. The van der Waals surface area contributed by atoms with Gasteiger partial charge in [-0.05, 0) is 30.7 Å². The lowest BCUT2D eigenvalue weighted by Crippen LogP contribution is -2.26. The van der Waals surface area contributed by atoms with E-state index >= 15 is 0 Å². The lowest BCUT2D eigenvalue weighted by Gasteiger charge is -2.18. The number of nitrogens with two attached hydrogens (primary N) is 1. The van der Waals surface area contributed by atoms with Crippen LogP contribution in [0.3, 0.4) is 0 Å². The van der Waals surface area contributed by atoms with Gasteiger partial charge >= 0.3 is 0 Å². The quantitative estimate of drug-likeness (QED) is 0.879. The van der Waals surface area contributed by atoms with Crippen LogP contribution in [0.5, 0.6) is 0 Å². The zero-order valence-corrected chi connectivity index (χ0v) is 13.4. The van der Waals surface area contributed by atoms with Gasteiger partial charge in [0.1, 0.15) is 0 Å². The number of anilines is 1. The molecule has 2 rings (SSSR count). The van der Waals surface area contributed by atoms with Crippen LogP contribution in [-0.2, 0) is 16.6 Å². The molecular formula is C15H17ClN2O2S. The number of aryl methyl sites for hydroxylation is 1. The van der Waals surface area contributed by atoms with Gasteiger partial charge in [-0.3, -0.25) is 0 Å². The average Bonchev–Trinajstić information content (AvgIpc) is 2.44. The molecule has 0 heterocycles. The van der Waals surface area contributed by atoms with Crippen LogP contribution in [0.4, 0.5) is 5.69 Å². The second-order valence-electron chi connectivity index (χ2n) is 4.93. The highest BCUT2D eigenvalue weighted by molar-refractivity contribution is 7.89. The Kier molecular flexibility index (Phi) is 4.56. The summed E-state index contributed by atoms with van der Waals surface area (Å²) < 4.78 is 26.3. The van der Waals surface area contributed by atoms with Crippen molar-refractivity contribution in [3.8, 4) is 0 Å². The zero-order valence-electron chi connectivity index (χ0n) is 11.9. The molecule has 0 spiro atoms. The molecule has 0 aliphatic heterocycles. The van der Waals surface area contributed by atoms with E-state index in [0.717, 1.165) is 11.1 Å². The fraction of sp³-hybridized carbons (Fsp3) is 0.200. The van der Waals surface area contributed by atoms with Crippen LogP contribution in [0.2, 0.25) is 5.02 Å². The monoisotopic (exact) mass is 324 g/mol. The number of hydrogen-bond acceptors (Lipinski definition) is 3. The van der Waals surface area contributed by atoms with Crippen LogP contribution in [-0.4, -0.2) is 19.8 Å². The first kappa shape index (κ1) is 15.8. The predicted molar refractivity (Wildman–Crippen MR) is 85.7 cm³/mol. The Morgan fingerprint density at radius 2 is 1.76 bits per heavy atom. The zero-order chi connectivity index (χ0) is 15.6. The summed E-state index contributed by atoms with van der Waals surface area (Å²) >= 11 is 5.82.